The van der Waals surface area contributed by atoms with E-state index in [1.165, 1.54) is 5.01 Å². The topological polar surface area (TPSA) is 125 Å². The molecular weight excluding hydrogens is 387 g/mol. The lowest BCUT2D eigenvalue weighted by atomic mass is 9.88. The summed E-state index contributed by atoms with van der Waals surface area (Å²) in [6, 6.07) is 4.60. The second-order valence-electron chi connectivity index (χ2n) is 7.46. The van der Waals surface area contributed by atoms with Crippen LogP contribution >= 0.6 is 0 Å². The van der Waals surface area contributed by atoms with Crippen molar-refractivity contribution in [2.75, 3.05) is 27.4 Å². The summed E-state index contributed by atoms with van der Waals surface area (Å²) in [7, 11) is 2.61. The minimum Gasteiger partial charge on any atom is -0.497 e. The number of hydrogen-bond acceptors (Lipinski definition) is 9. The second kappa shape index (κ2) is 10.8. The van der Waals surface area contributed by atoms with Gasteiger partial charge in [0.1, 0.15) is 11.5 Å². The number of rotatable bonds is 10. The van der Waals surface area contributed by atoms with Gasteiger partial charge < -0.3 is 25.5 Å². The summed E-state index contributed by atoms with van der Waals surface area (Å²) in [5.41, 5.74) is 6.86. The molecule has 1 aromatic carbocycles. The van der Waals surface area contributed by atoms with Crippen molar-refractivity contribution in [3.63, 3.8) is 0 Å². The molecule has 0 radical (unpaired) electrons. The Morgan fingerprint density at radius 1 is 1.33 bits per heavy atom. The fourth-order valence-corrected chi connectivity index (χ4v) is 2.85. The minimum atomic E-state index is -0.942. The molecule has 30 heavy (non-hydrogen) atoms. The lowest BCUT2D eigenvalue weighted by Gasteiger charge is -2.37. The van der Waals surface area contributed by atoms with E-state index in [0.717, 1.165) is 12.0 Å². The molecule has 164 valence electrons. The van der Waals surface area contributed by atoms with Crippen molar-refractivity contribution in [1.29, 1.82) is 0 Å². The van der Waals surface area contributed by atoms with Crippen LogP contribution in [0.15, 0.2) is 28.2 Å². The summed E-state index contributed by atoms with van der Waals surface area (Å²) in [6.45, 7) is 6.75. The van der Waals surface area contributed by atoms with Gasteiger partial charge in [0.05, 0.1) is 33.1 Å². The summed E-state index contributed by atoms with van der Waals surface area (Å²) in [5, 5.41) is 18.6. The Hall–Kier alpha value is -2.79. The predicted octanol–water partition coefficient (Wildman–Crippen LogP) is 1.02. The lowest BCUT2D eigenvalue weighted by Crippen LogP contribution is -2.63. The lowest BCUT2D eigenvalue weighted by molar-refractivity contribution is -0.141. The summed E-state index contributed by atoms with van der Waals surface area (Å²) < 4.78 is 10.5. The Morgan fingerprint density at radius 3 is 2.50 bits per heavy atom. The third kappa shape index (κ3) is 6.36. The third-order valence-corrected chi connectivity index (χ3v) is 4.75. The molecule has 1 aromatic rings. The Balaban J connectivity index is 2.22. The normalized spacial score (nSPS) is 16.1. The molecule has 11 heteroatoms. The maximum Gasteiger partial charge on any atom is 0.458 e. The summed E-state index contributed by atoms with van der Waals surface area (Å²) >= 11 is 0. The summed E-state index contributed by atoms with van der Waals surface area (Å²) in [6.07, 6.45) is 2.55. The molecule has 1 aliphatic heterocycles. The van der Waals surface area contributed by atoms with Crippen molar-refractivity contribution in [2.24, 2.45) is 21.7 Å². The van der Waals surface area contributed by atoms with Crippen LogP contribution < -0.4 is 20.4 Å². The molecule has 0 aliphatic carbocycles. The number of nitrogens with two attached hydrogens (primary N) is 1. The predicted molar refractivity (Wildman–Crippen MR) is 118 cm³/mol. The maximum atomic E-state index is 11.6. The van der Waals surface area contributed by atoms with Crippen molar-refractivity contribution < 1.29 is 19.4 Å². The van der Waals surface area contributed by atoms with Crippen LogP contribution in [0.4, 0.5) is 0 Å². The van der Waals surface area contributed by atoms with Gasteiger partial charge in [-0.25, -0.2) is 5.01 Å². The Labute approximate surface area is 177 Å². The molecule has 0 saturated carbocycles. The first kappa shape index (κ1) is 23.5. The minimum absolute atomic E-state index is 0.180. The molecule has 1 atom stereocenters. The van der Waals surface area contributed by atoms with Gasteiger partial charge in [0.25, 0.3) is 0 Å². The van der Waals surface area contributed by atoms with Crippen molar-refractivity contribution >= 4 is 25.3 Å². The summed E-state index contributed by atoms with van der Waals surface area (Å²) in [4.78, 5) is 17.7. The highest BCUT2D eigenvalue weighted by Gasteiger charge is 2.37. The maximum absolute atomic E-state index is 11.6. The molecule has 0 amide bonds. The van der Waals surface area contributed by atoms with Crippen molar-refractivity contribution in [3.8, 4) is 11.5 Å². The first-order chi connectivity index (χ1) is 14.2. The molecule has 1 heterocycles. The van der Waals surface area contributed by atoms with E-state index in [2.05, 4.69) is 29.1 Å². The molecule has 0 spiro atoms. The first-order valence-corrected chi connectivity index (χ1v) is 9.85. The van der Waals surface area contributed by atoms with E-state index < -0.39 is 19.1 Å². The van der Waals surface area contributed by atoms with Crippen LogP contribution in [0.1, 0.15) is 32.8 Å². The number of carboxylic acids is 1. The average Bonchev–Trinajstić information content (AvgIpc) is 2.71. The van der Waals surface area contributed by atoms with E-state index in [9.17, 15) is 9.90 Å². The zero-order chi connectivity index (χ0) is 22.3. The number of nitrogens with zero attached hydrogens (tertiary/aromatic N) is 4. The Kier molecular flexibility index (Phi) is 8.49. The Morgan fingerprint density at radius 2 is 1.97 bits per heavy atom. The van der Waals surface area contributed by atoms with Gasteiger partial charge in [0.2, 0.25) is 5.96 Å². The highest BCUT2D eigenvalue weighted by molar-refractivity contribution is 6.53. The van der Waals surface area contributed by atoms with Gasteiger partial charge in [-0.3, -0.25) is 14.5 Å². The van der Waals surface area contributed by atoms with Crippen LogP contribution in [0.5, 0.6) is 11.5 Å². The number of carboxylic acid groups (broad SMARTS) is 1. The molecule has 4 N–H and O–H groups in total. The van der Waals surface area contributed by atoms with Crippen LogP contribution in [0.25, 0.3) is 0 Å². The molecule has 0 unspecified atom stereocenters. The number of ether oxygens (including phenoxy) is 2. The van der Waals surface area contributed by atoms with Gasteiger partial charge in [-0.2, -0.15) is 5.10 Å². The SMILES string of the molecule is COc1cc(C=NN2CN([C@@H](C)C(=O)O)B(NCCC(C)C)N=C2N)cc(OC)c1. The number of hydrogen-bond donors (Lipinski definition) is 3. The number of benzene rings is 1. The highest BCUT2D eigenvalue weighted by Crippen LogP contribution is 2.21. The fraction of sp³-hybridized carbons (Fsp3) is 0.526. The number of methoxy groups -OCH3 is 2. The van der Waals surface area contributed by atoms with Gasteiger partial charge in [-0.05, 0) is 37.9 Å². The van der Waals surface area contributed by atoms with Crippen LogP contribution in [-0.4, -0.2) is 73.7 Å². The standard InChI is InChI=1S/C19H31BN6O4/c1-13(2)6-7-22-20-24-19(21)26(12-25(20)14(3)18(27)28)23-11-15-8-16(29-4)10-17(9-15)30-5/h8-11,13-14,22H,6-7,12H2,1-5H3,(H2,21,24)(H,27,28)/t14-/m0/s1. The largest absolute Gasteiger partial charge is 0.497 e. The van der Waals surface area contributed by atoms with Crippen LogP contribution in [0, 0.1) is 5.92 Å². The monoisotopic (exact) mass is 418 g/mol. The molecule has 2 rings (SSSR count). The fourth-order valence-electron chi connectivity index (χ4n) is 2.85. The zero-order valence-electron chi connectivity index (χ0n) is 18.2. The van der Waals surface area contributed by atoms with Crippen molar-refractivity contribution in [1.82, 2.24) is 15.0 Å². The molecule has 10 nitrogen and oxygen atoms in total. The quantitative estimate of drug-likeness (QED) is 0.380. The molecule has 0 fully saturated rings. The number of aliphatic carboxylic acids is 1. The van der Waals surface area contributed by atoms with Crippen molar-refractivity contribution in [2.45, 2.75) is 33.2 Å². The second-order valence-corrected chi connectivity index (χ2v) is 7.46. The van der Waals surface area contributed by atoms with Gasteiger partial charge in [-0.15, -0.1) is 0 Å². The van der Waals surface area contributed by atoms with Gasteiger partial charge in [0.15, 0.2) is 0 Å². The highest BCUT2D eigenvalue weighted by atomic mass is 16.5. The van der Waals surface area contributed by atoms with E-state index in [1.54, 1.807) is 50.4 Å². The van der Waals surface area contributed by atoms with Gasteiger partial charge in [0, 0.05) is 11.6 Å². The average molecular weight is 418 g/mol. The molecular formula is C19H31BN6O4. The van der Waals surface area contributed by atoms with E-state index in [-0.39, 0.29) is 12.6 Å². The third-order valence-electron chi connectivity index (χ3n) is 4.75. The van der Waals surface area contributed by atoms with E-state index in [4.69, 9.17) is 15.2 Å². The van der Waals surface area contributed by atoms with Crippen molar-refractivity contribution in [3.05, 3.63) is 23.8 Å². The number of carbonyl (C=O) groups is 1. The number of hydrazone groups is 1. The molecule has 0 saturated heterocycles. The van der Waals surface area contributed by atoms with Gasteiger partial charge >= 0.3 is 13.1 Å². The molecule has 0 bridgehead atoms. The smallest absolute Gasteiger partial charge is 0.458 e. The molecule has 0 aromatic heterocycles. The van der Waals surface area contributed by atoms with Gasteiger partial charge in [-0.1, -0.05) is 13.8 Å². The summed E-state index contributed by atoms with van der Waals surface area (Å²) in [5.74, 6) is 1.05. The number of guanidine groups is 1. The van der Waals surface area contributed by atoms with E-state index in [0.29, 0.717) is 24.0 Å². The van der Waals surface area contributed by atoms with E-state index in [1.807, 2.05) is 0 Å². The van der Waals surface area contributed by atoms with Crippen LogP contribution in [0.3, 0.4) is 0 Å². The van der Waals surface area contributed by atoms with Crippen LogP contribution in [0.2, 0.25) is 0 Å². The first-order valence-electron chi connectivity index (χ1n) is 9.85. The number of nitrogens with one attached hydrogen (secondary N) is 1. The van der Waals surface area contributed by atoms with E-state index >= 15 is 0 Å². The Bertz CT molecular complexity index is 766. The van der Waals surface area contributed by atoms with Crippen LogP contribution in [-0.2, 0) is 4.79 Å². The zero-order valence-corrected chi connectivity index (χ0v) is 18.2. The molecule has 1 aliphatic rings.